The van der Waals surface area contributed by atoms with Crippen LogP contribution >= 0.6 is 5.78 Å². The van der Waals surface area contributed by atoms with Gasteiger partial charge in [0, 0.05) is 0 Å². The van der Waals surface area contributed by atoms with Gasteiger partial charge in [-0.1, -0.05) is 83.8 Å². The number of hydrogen-bond donors (Lipinski definition) is 0. The summed E-state index contributed by atoms with van der Waals surface area (Å²) < 4.78 is 18.9. The van der Waals surface area contributed by atoms with Gasteiger partial charge in [0.1, 0.15) is 5.78 Å². The lowest BCUT2D eigenvalue weighted by molar-refractivity contribution is -0.929. The van der Waals surface area contributed by atoms with Gasteiger partial charge >= 0.3 is 0 Å². The highest BCUT2D eigenvalue weighted by Crippen LogP contribution is 2.46. The number of allylic oxidation sites excluding steroid dienone is 2. The van der Waals surface area contributed by atoms with Crippen molar-refractivity contribution in [1.82, 2.24) is 0 Å². The van der Waals surface area contributed by atoms with Crippen LogP contribution in [0.1, 0.15) is 119 Å². The molecule has 0 aliphatic rings. The molecule has 0 aromatic carbocycles. The Morgan fingerprint density at radius 2 is 1.31 bits per heavy atom. The lowest BCUT2D eigenvalue weighted by Crippen LogP contribution is -2.50. The Labute approximate surface area is 212 Å². The van der Waals surface area contributed by atoms with E-state index in [2.05, 4.69) is 78.6 Å². The maximum Gasteiger partial charge on any atom is 0.104 e. The topological polar surface area (TPSA) is 9.23 Å². The molecule has 0 fully saturated rings. The molecule has 0 rings (SSSR count). The minimum atomic E-state index is -3.36. The van der Waals surface area contributed by atoms with E-state index in [4.69, 9.17) is 4.52 Å². The van der Waals surface area contributed by atoms with Crippen molar-refractivity contribution in [2.45, 2.75) is 119 Å². The molecule has 0 radical (unpaired) electrons. The molecule has 6 heteroatoms. The fourth-order valence-corrected chi connectivity index (χ4v) is 4.58. The van der Waals surface area contributed by atoms with Crippen molar-refractivity contribution >= 4 is 29.8 Å². The van der Waals surface area contributed by atoms with Crippen molar-refractivity contribution in [3.05, 3.63) is 11.6 Å². The summed E-state index contributed by atoms with van der Waals surface area (Å²) in [5.74, 6) is -2.83. The van der Waals surface area contributed by atoms with Gasteiger partial charge in [-0.25, -0.2) is 4.20 Å². The fourth-order valence-electron chi connectivity index (χ4n) is 3.81. The number of hydrogen-bond acceptors (Lipinski definition) is 3. The van der Waals surface area contributed by atoms with Gasteiger partial charge in [0.15, 0.2) is 0 Å². The summed E-state index contributed by atoms with van der Waals surface area (Å²) in [6.07, 6.45) is 16.3. The zero-order chi connectivity index (χ0) is 24.9. The van der Waals surface area contributed by atoms with Gasteiger partial charge < -0.3 is 21.3 Å². The standard InChI is InChI=1S/C16H36N.C10H20FOPS2/c1-5-9-13-17(14-10-6-2,15-11-7-3)16-12-8-4;1-9(2)5-4-6-10(3)7-8-12-13(11,14)15/h5-16H2,1-4H3;5,10H,4,6-8H2,1-3H3,(H,14,15)/q+1;/p-1. The molecule has 0 N–H and O–H groups in total. The molecule has 0 heterocycles. The monoisotopic (exact) mass is 511 g/mol. The molecule has 2 unspecified atom stereocenters. The summed E-state index contributed by atoms with van der Waals surface area (Å²) in [7, 11) is 0. The summed E-state index contributed by atoms with van der Waals surface area (Å²) in [5.41, 5.74) is 1.34. The van der Waals surface area contributed by atoms with E-state index in [-0.39, 0.29) is 0 Å². The van der Waals surface area contributed by atoms with Gasteiger partial charge in [-0.05, 0) is 64.7 Å². The second kappa shape index (κ2) is 22.1. The highest BCUT2D eigenvalue weighted by Gasteiger charge is 2.24. The molecule has 0 saturated carbocycles. The summed E-state index contributed by atoms with van der Waals surface area (Å²) in [4.78, 5) is 0. The van der Waals surface area contributed by atoms with Crippen molar-refractivity contribution in [1.29, 1.82) is 0 Å². The van der Waals surface area contributed by atoms with Crippen molar-refractivity contribution in [3.63, 3.8) is 0 Å². The van der Waals surface area contributed by atoms with E-state index in [0.717, 1.165) is 19.3 Å². The third-order valence-corrected chi connectivity index (χ3v) is 7.14. The van der Waals surface area contributed by atoms with E-state index in [1.54, 1.807) is 0 Å². The van der Waals surface area contributed by atoms with Gasteiger partial charge in [-0.15, -0.1) is 0 Å². The van der Waals surface area contributed by atoms with E-state index in [9.17, 15) is 4.20 Å². The lowest BCUT2D eigenvalue weighted by atomic mass is 10.0. The number of halogens is 1. The van der Waals surface area contributed by atoms with Crippen LogP contribution in [0, 0.1) is 5.92 Å². The van der Waals surface area contributed by atoms with Gasteiger partial charge in [-0.3, -0.25) is 0 Å². The normalized spacial score (nSPS) is 14.3. The van der Waals surface area contributed by atoms with E-state index < -0.39 is 5.78 Å². The third-order valence-electron chi connectivity index (χ3n) is 6.01. The molecule has 0 aliphatic heterocycles. The van der Waals surface area contributed by atoms with Crippen LogP contribution in [0.4, 0.5) is 4.20 Å². The second-order valence-corrected chi connectivity index (χ2v) is 14.3. The number of rotatable bonds is 19. The van der Waals surface area contributed by atoms with Crippen LogP contribution in [0.5, 0.6) is 0 Å². The van der Waals surface area contributed by atoms with Gasteiger partial charge in [0.25, 0.3) is 0 Å². The van der Waals surface area contributed by atoms with Crippen LogP contribution < -0.4 is 0 Å². The Bertz CT molecular complexity index is 455. The van der Waals surface area contributed by atoms with Crippen LogP contribution in [0.25, 0.3) is 0 Å². The Kier molecular flexibility index (Phi) is 24.0. The molecular weight excluding hydrogens is 456 g/mol. The first-order valence-corrected chi connectivity index (χ1v) is 16.8. The van der Waals surface area contributed by atoms with Crippen molar-refractivity contribution < 1.29 is 13.2 Å². The van der Waals surface area contributed by atoms with Crippen LogP contribution in [0.2, 0.25) is 0 Å². The predicted molar refractivity (Wildman–Crippen MR) is 151 cm³/mol. The first-order chi connectivity index (χ1) is 15.1. The molecule has 0 aromatic heterocycles. The molecule has 0 bridgehead atoms. The fraction of sp³-hybridized carbons (Fsp3) is 0.923. The Hall–Kier alpha value is 0.590. The predicted octanol–water partition coefficient (Wildman–Crippen LogP) is 9.52. The Morgan fingerprint density at radius 3 is 1.62 bits per heavy atom. The van der Waals surface area contributed by atoms with E-state index in [1.165, 1.54) is 87.6 Å². The van der Waals surface area contributed by atoms with Gasteiger partial charge in [0.05, 0.1) is 32.8 Å². The number of nitrogens with zero attached hydrogens (tertiary/aromatic N) is 1. The van der Waals surface area contributed by atoms with Gasteiger partial charge in [-0.2, -0.15) is 0 Å². The average molecular weight is 512 g/mol. The minimum absolute atomic E-state index is 0.354. The van der Waals surface area contributed by atoms with Crippen LogP contribution in [-0.2, 0) is 28.6 Å². The van der Waals surface area contributed by atoms with Crippen molar-refractivity contribution in [2.75, 3.05) is 32.8 Å². The van der Waals surface area contributed by atoms with Crippen molar-refractivity contribution in [3.8, 4) is 0 Å². The highest BCUT2D eigenvalue weighted by molar-refractivity contribution is 8.51. The SMILES string of the molecule is CC(C)=CCCC(C)CCOP(F)(=S)[S-].CCCC[N+](CCCC)(CCCC)CCCC. The third kappa shape index (κ3) is 23.7. The first kappa shape index (κ1) is 34.8. The second-order valence-electron chi connectivity index (χ2n) is 9.67. The quantitative estimate of drug-likeness (QED) is 0.0739. The largest absolute Gasteiger partial charge is 0.686 e. The number of quaternary nitrogens is 1. The molecular formula is C26H55FNOPS2. The average Bonchev–Trinajstić information content (AvgIpc) is 2.72. The molecule has 2 atom stereocenters. The summed E-state index contributed by atoms with van der Waals surface area (Å²) >= 11 is 8.77. The van der Waals surface area contributed by atoms with E-state index >= 15 is 0 Å². The van der Waals surface area contributed by atoms with Crippen LogP contribution in [0.15, 0.2) is 11.6 Å². The summed E-state index contributed by atoms with van der Waals surface area (Å²) in [6.45, 7) is 21.7. The van der Waals surface area contributed by atoms with E-state index in [1.807, 2.05) is 0 Å². The molecule has 2 nitrogen and oxygen atoms in total. The maximum absolute atomic E-state index is 12.7. The smallest absolute Gasteiger partial charge is 0.104 e. The zero-order valence-electron chi connectivity index (χ0n) is 22.5. The van der Waals surface area contributed by atoms with Crippen LogP contribution in [-0.4, -0.2) is 37.3 Å². The molecule has 0 amide bonds. The van der Waals surface area contributed by atoms with Crippen molar-refractivity contribution in [2.24, 2.45) is 5.92 Å². The lowest BCUT2D eigenvalue weighted by Gasteiger charge is -2.39. The molecule has 0 spiro atoms. The summed E-state index contributed by atoms with van der Waals surface area (Å²) in [6, 6.07) is 0. The Balaban J connectivity index is 0. The van der Waals surface area contributed by atoms with E-state index in [0.29, 0.717) is 12.5 Å². The zero-order valence-corrected chi connectivity index (χ0v) is 25.0. The molecule has 0 aliphatic carbocycles. The van der Waals surface area contributed by atoms with Gasteiger partial charge in [0.2, 0.25) is 0 Å². The molecule has 0 saturated heterocycles. The minimum Gasteiger partial charge on any atom is -0.686 e. The first-order valence-electron chi connectivity index (χ1n) is 13.2. The Morgan fingerprint density at radius 1 is 0.906 bits per heavy atom. The maximum atomic E-state index is 12.7. The molecule has 194 valence electrons. The molecule has 0 aromatic rings. The summed E-state index contributed by atoms with van der Waals surface area (Å²) in [5, 5.41) is 0. The highest BCUT2D eigenvalue weighted by atomic mass is 32.9. The molecule has 32 heavy (non-hydrogen) atoms. The van der Waals surface area contributed by atoms with Crippen LogP contribution in [0.3, 0.4) is 0 Å². The number of unbranched alkanes of at least 4 members (excludes halogenated alkanes) is 4.